The number of pyridine rings is 1. The van der Waals surface area contributed by atoms with E-state index in [2.05, 4.69) is 9.71 Å². The molecule has 3 aromatic rings. The van der Waals surface area contributed by atoms with Crippen molar-refractivity contribution in [1.82, 2.24) is 9.71 Å². The molecule has 0 bridgehead atoms. The Morgan fingerprint density at radius 1 is 0.880 bits per heavy atom. The molecule has 0 aliphatic carbocycles. The lowest BCUT2D eigenvalue weighted by Crippen LogP contribution is -2.29. The fraction of sp³-hybridized carbons (Fsp3) is 0.0526. The molecule has 1 N–H and O–H groups in total. The normalized spacial score (nSPS) is 12.3. The number of hydrogen-bond donors (Lipinski definition) is 1. The van der Waals surface area contributed by atoms with Gasteiger partial charge >= 0.3 is 0 Å². The Morgan fingerprint density at radius 3 is 2.08 bits per heavy atom. The van der Waals surface area contributed by atoms with Crippen LogP contribution in [0.25, 0.3) is 0 Å². The molecule has 0 aliphatic heterocycles. The van der Waals surface area contributed by atoms with Crippen LogP contribution in [0.3, 0.4) is 0 Å². The van der Waals surface area contributed by atoms with Gasteiger partial charge in [0.05, 0.1) is 22.6 Å². The van der Waals surface area contributed by atoms with Crippen LogP contribution in [-0.4, -0.2) is 13.4 Å². The molecule has 1 heterocycles. The minimum absolute atomic E-state index is 0.112. The summed E-state index contributed by atoms with van der Waals surface area (Å²) in [6.07, 6.45) is 3.25. The highest BCUT2D eigenvalue weighted by atomic mass is 32.2. The summed E-state index contributed by atoms with van der Waals surface area (Å²) in [7, 11) is -3.76. The van der Waals surface area contributed by atoms with Gasteiger partial charge in [-0.05, 0) is 47.5 Å². The maximum absolute atomic E-state index is 12.8. The first kappa shape index (κ1) is 16.8. The van der Waals surface area contributed by atoms with Crippen molar-refractivity contribution in [1.29, 1.82) is 5.26 Å². The third-order valence-corrected chi connectivity index (χ3v) is 5.18. The van der Waals surface area contributed by atoms with E-state index in [0.29, 0.717) is 5.56 Å². The van der Waals surface area contributed by atoms with Gasteiger partial charge in [0, 0.05) is 12.4 Å². The van der Waals surface area contributed by atoms with Crippen LogP contribution in [0.2, 0.25) is 0 Å². The molecule has 0 spiro atoms. The van der Waals surface area contributed by atoms with Crippen LogP contribution in [0.1, 0.15) is 22.7 Å². The Balaban J connectivity index is 1.98. The summed E-state index contributed by atoms with van der Waals surface area (Å²) in [5.41, 5.74) is 2.03. The van der Waals surface area contributed by atoms with Gasteiger partial charge in [-0.3, -0.25) is 4.98 Å². The summed E-state index contributed by atoms with van der Waals surface area (Å²) in [6, 6.07) is 20.1. The van der Waals surface area contributed by atoms with Crippen molar-refractivity contribution in [2.24, 2.45) is 0 Å². The van der Waals surface area contributed by atoms with E-state index in [9.17, 15) is 8.42 Å². The average molecular weight is 349 g/mol. The predicted molar refractivity (Wildman–Crippen MR) is 94.0 cm³/mol. The second kappa shape index (κ2) is 7.26. The first-order valence-corrected chi connectivity index (χ1v) is 9.06. The third-order valence-electron chi connectivity index (χ3n) is 3.74. The van der Waals surface area contributed by atoms with Gasteiger partial charge in [0.25, 0.3) is 0 Å². The molecule has 0 saturated carbocycles. The van der Waals surface area contributed by atoms with Crippen molar-refractivity contribution < 1.29 is 8.42 Å². The molecule has 0 saturated heterocycles. The zero-order valence-electron chi connectivity index (χ0n) is 13.2. The third kappa shape index (κ3) is 3.91. The number of benzene rings is 2. The van der Waals surface area contributed by atoms with Crippen LogP contribution in [0.5, 0.6) is 0 Å². The van der Waals surface area contributed by atoms with Crippen LogP contribution >= 0.6 is 0 Å². The number of rotatable bonds is 5. The number of nitriles is 1. The van der Waals surface area contributed by atoms with Gasteiger partial charge in [-0.15, -0.1) is 0 Å². The number of hydrogen-bond acceptors (Lipinski definition) is 4. The highest BCUT2D eigenvalue weighted by molar-refractivity contribution is 7.89. The SMILES string of the molecule is N#Cc1ccc(S(=O)(=O)N[C@H](c2ccccc2)c2ccncc2)cc1. The Kier molecular flexibility index (Phi) is 4.89. The predicted octanol–water partition coefficient (Wildman–Crippen LogP) is 3.02. The van der Waals surface area contributed by atoms with E-state index in [0.717, 1.165) is 11.1 Å². The molecule has 5 nitrogen and oxygen atoms in total. The molecule has 2 aromatic carbocycles. The van der Waals surface area contributed by atoms with E-state index >= 15 is 0 Å². The smallest absolute Gasteiger partial charge is 0.241 e. The topological polar surface area (TPSA) is 82.8 Å². The zero-order valence-corrected chi connectivity index (χ0v) is 14.0. The Hall–Kier alpha value is -3.01. The average Bonchev–Trinajstić information content (AvgIpc) is 2.67. The van der Waals surface area contributed by atoms with Crippen molar-refractivity contribution >= 4 is 10.0 Å². The molecule has 0 fully saturated rings. The summed E-state index contributed by atoms with van der Waals surface area (Å²) in [5, 5.41) is 8.85. The second-order valence-electron chi connectivity index (χ2n) is 5.38. The molecule has 1 aromatic heterocycles. The summed E-state index contributed by atoms with van der Waals surface area (Å²) in [4.78, 5) is 4.10. The maximum atomic E-state index is 12.8. The maximum Gasteiger partial charge on any atom is 0.241 e. The molecule has 124 valence electrons. The van der Waals surface area contributed by atoms with Crippen LogP contribution in [-0.2, 0) is 10.0 Å². The van der Waals surface area contributed by atoms with Gasteiger partial charge in [-0.25, -0.2) is 8.42 Å². The number of sulfonamides is 1. The fourth-order valence-corrected chi connectivity index (χ4v) is 3.67. The van der Waals surface area contributed by atoms with Gasteiger partial charge in [0.2, 0.25) is 10.0 Å². The van der Waals surface area contributed by atoms with Crippen LogP contribution in [0.4, 0.5) is 0 Å². The summed E-state index contributed by atoms with van der Waals surface area (Å²) in [5.74, 6) is 0. The van der Waals surface area contributed by atoms with Crippen molar-refractivity contribution in [2.45, 2.75) is 10.9 Å². The van der Waals surface area contributed by atoms with Crippen molar-refractivity contribution in [3.05, 3.63) is 95.8 Å². The second-order valence-corrected chi connectivity index (χ2v) is 7.10. The van der Waals surface area contributed by atoms with Gasteiger partial charge in [-0.1, -0.05) is 30.3 Å². The van der Waals surface area contributed by atoms with E-state index in [4.69, 9.17) is 5.26 Å². The van der Waals surface area contributed by atoms with Crippen molar-refractivity contribution in [3.63, 3.8) is 0 Å². The minimum atomic E-state index is -3.76. The Labute approximate surface area is 146 Å². The number of nitrogens with one attached hydrogen (secondary N) is 1. The summed E-state index contributed by atoms with van der Waals surface area (Å²) in [6.45, 7) is 0. The molecule has 25 heavy (non-hydrogen) atoms. The molecule has 0 radical (unpaired) electrons. The molecular weight excluding hydrogens is 334 g/mol. The highest BCUT2D eigenvalue weighted by Crippen LogP contribution is 2.24. The van der Waals surface area contributed by atoms with E-state index in [1.54, 1.807) is 24.5 Å². The van der Waals surface area contributed by atoms with Crippen molar-refractivity contribution in [2.75, 3.05) is 0 Å². The van der Waals surface area contributed by atoms with E-state index in [-0.39, 0.29) is 4.90 Å². The standard InChI is InChI=1S/C19H15N3O2S/c20-14-15-6-8-18(9-7-15)25(23,24)22-19(16-4-2-1-3-5-16)17-10-12-21-13-11-17/h1-13,19,22H/t19-/m1/s1. The Morgan fingerprint density at radius 2 is 1.48 bits per heavy atom. The number of nitrogens with zero attached hydrogens (tertiary/aromatic N) is 2. The first-order chi connectivity index (χ1) is 12.1. The van der Waals surface area contributed by atoms with Gasteiger partial charge in [0.1, 0.15) is 0 Å². The highest BCUT2D eigenvalue weighted by Gasteiger charge is 2.22. The van der Waals surface area contributed by atoms with Crippen LogP contribution < -0.4 is 4.72 Å². The lowest BCUT2D eigenvalue weighted by molar-refractivity contribution is 0.572. The van der Waals surface area contributed by atoms with E-state index in [1.165, 1.54) is 24.3 Å². The lowest BCUT2D eigenvalue weighted by Gasteiger charge is -2.19. The molecular formula is C19H15N3O2S. The van der Waals surface area contributed by atoms with Gasteiger partial charge in [-0.2, -0.15) is 9.98 Å². The molecule has 0 amide bonds. The molecule has 3 rings (SSSR count). The van der Waals surface area contributed by atoms with Gasteiger partial charge in [0.15, 0.2) is 0 Å². The van der Waals surface area contributed by atoms with E-state index in [1.807, 2.05) is 36.4 Å². The summed E-state index contributed by atoms with van der Waals surface area (Å²) < 4.78 is 28.3. The fourth-order valence-electron chi connectivity index (χ4n) is 2.46. The van der Waals surface area contributed by atoms with Crippen LogP contribution in [0.15, 0.2) is 84.0 Å². The number of aromatic nitrogens is 1. The zero-order chi connectivity index (χ0) is 17.7. The molecule has 6 heteroatoms. The lowest BCUT2D eigenvalue weighted by atomic mass is 10.0. The molecule has 1 atom stereocenters. The molecule has 0 unspecified atom stereocenters. The van der Waals surface area contributed by atoms with Gasteiger partial charge < -0.3 is 0 Å². The first-order valence-electron chi connectivity index (χ1n) is 7.57. The van der Waals surface area contributed by atoms with Crippen LogP contribution in [0, 0.1) is 11.3 Å². The largest absolute Gasteiger partial charge is 0.265 e. The van der Waals surface area contributed by atoms with E-state index < -0.39 is 16.1 Å². The quantitative estimate of drug-likeness (QED) is 0.767. The monoisotopic (exact) mass is 349 g/mol. The summed E-state index contributed by atoms with van der Waals surface area (Å²) >= 11 is 0. The van der Waals surface area contributed by atoms with Crippen molar-refractivity contribution in [3.8, 4) is 6.07 Å². The molecule has 0 aliphatic rings. The minimum Gasteiger partial charge on any atom is -0.265 e. The Bertz CT molecular complexity index is 941.